The third-order valence-corrected chi connectivity index (χ3v) is 4.08. The van der Waals surface area contributed by atoms with Crippen molar-refractivity contribution < 1.29 is 14.7 Å². The maximum absolute atomic E-state index is 12.6. The summed E-state index contributed by atoms with van der Waals surface area (Å²) in [5.41, 5.74) is -0.0678. The van der Waals surface area contributed by atoms with E-state index in [4.69, 9.17) is 11.6 Å². The molecule has 0 aromatic carbocycles. The highest BCUT2D eigenvalue weighted by molar-refractivity contribution is 6.29. The Hall–Kier alpha value is -1.62. The van der Waals surface area contributed by atoms with Gasteiger partial charge in [-0.1, -0.05) is 18.5 Å². The highest BCUT2D eigenvalue weighted by atomic mass is 35.5. The van der Waals surface area contributed by atoms with Gasteiger partial charge in [0, 0.05) is 17.8 Å². The highest BCUT2D eigenvalue weighted by Gasteiger charge is 2.48. The molecule has 1 aromatic heterocycles. The first kappa shape index (κ1) is 14.8. The van der Waals surface area contributed by atoms with E-state index in [0.29, 0.717) is 37.1 Å². The Morgan fingerprint density at radius 2 is 2.20 bits per heavy atom. The highest BCUT2D eigenvalue weighted by Crippen LogP contribution is 2.34. The molecule has 108 valence electrons. The van der Waals surface area contributed by atoms with Crippen molar-refractivity contribution in [3.63, 3.8) is 0 Å². The van der Waals surface area contributed by atoms with Crippen molar-refractivity contribution in [3.05, 3.63) is 28.5 Å². The van der Waals surface area contributed by atoms with Crippen molar-refractivity contribution in [1.82, 2.24) is 9.88 Å². The van der Waals surface area contributed by atoms with Crippen molar-refractivity contribution in [1.29, 1.82) is 0 Å². The summed E-state index contributed by atoms with van der Waals surface area (Å²) >= 11 is 5.87. The van der Waals surface area contributed by atoms with Crippen LogP contribution in [0.1, 0.15) is 42.2 Å². The molecule has 1 N–H and O–H groups in total. The van der Waals surface area contributed by atoms with Gasteiger partial charge in [-0.3, -0.25) is 4.79 Å². The van der Waals surface area contributed by atoms with Gasteiger partial charge in [-0.2, -0.15) is 0 Å². The van der Waals surface area contributed by atoms with Gasteiger partial charge >= 0.3 is 5.97 Å². The van der Waals surface area contributed by atoms with Crippen molar-refractivity contribution in [2.75, 3.05) is 6.54 Å². The summed E-state index contributed by atoms with van der Waals surface area (Å²) in [6.07, 6.45) is 1.58. The average Bonchev–Trinajstić information content (AvgIpc) is 2.81. The maximum Gasteiger partial charge on any atom is 0.329 e. The standard InChI is InChI=1S/C14H17ClN2O3/c1-3-14(13(19)20)5-4-6-17(14)12(18)10-7-9(2)16-11(15)8-10/h7-8H,3-6H2,1-2H3,(H,19,20). The molecular formula is C14H17ClN2O3. The lowest BCUT2D eigenvalue weighted by Crippen LogP contribution is -2.52. The number of hydrogen-bond acceptors (Lipinski definition) is 3. The molecule has 1 fully saturated rings. The van der Waals surface area contributed by atoms with E-state index >= 15 is 0 Å². The van der Waals surface area contributed by atoms with Gasteiger partial charge in [-0.05, 0) is 38.3 Å². The molecular weight excluding hydrogens is 280 g/mol. The van der Waals surface area contributed by atoms with Gasteiger partial charge in [0.2, 0.25) is 0 Å². The predicted molar refractivity (Wildman–Crippen MR) is 74.9 cm³/mol. The summed E-state index contributed by atoms with van der Waals surface area (Å²) in [4.78, 5) is 29.7. The molecule has 6 heteroatoms. The van der Waals surface area contributed by atoms with Gasteiger partial charge in [0.1, 0.15) is 10.7 Å². The molecule has 0 saturated carbocycles. The maximum atomic E-state index is 12.6. The second-order valence-corrected chi connectivity index (χ2v) is 5.46. The topological polar surface area (TPSA) is 70.5 Å². The zero-order chi connectivity index (χ0) is 14.9. The van der Waals surface area contributed by atoms with Gasteiger partial charge in [0.05, 0.1) is 0 Å². The van der Waals surface area contributed by atoms with E-state index in [1.165, 1.54) is 11.0 Å². The van der Waals surface area contributed by atoms with Gasteiger partial charge in [-0.25, -0.2) is 9.78 Å². The molecule has 2 heterocycles. The number of rotatable bonds is 3. The molecule has 0 radical (unpaired) electrons. The third kappa shape index (κ3) is 2.38. The zero-order valence-electron chi connectivity index (χ0n) is 11.5. The third-order valence-electron chi connectivity index (χ3n) is 3.89. The number of amides is 1. The van der Waals surface area contributed by atoms with Crippen LogP contribution in [0.3, 0.4) is 0 Å². The minimum Gasteiger partial charge on any atom is -0.479 e. The zero-order valence-corrected chi connectivity index (χ0v) is 12.3. The number of nitrogens with zero attached hydrogens (tertiary/aromatic N) is 2. The molecule has 1 aromatic rings. The first-order valence-corrected chi connectivity index (χ1v) is 6.98. The minimum atomic E-state index is -1.10. The Kier molecular flexibility index (Phi) is 3.99. The lowest BCUT2D eigenvalue weighted by atomic mass is 9.92. The summed E-state index contributed by atoms with van der Waals surface area (Å²) in [6.45, 7) is 4.00. The summed E-state index contributed by atoms with van der Waals surface area (Å²) in [6, 6.07) is 3.12. The quantitative estimate of drug-likeness (QED) is 0.870. The number of halogens is 1. The average molecular weight is 297 g/mol. The van der Waals surface area contributed by atoms with E-state index in [-0.39, 0.29) is 11.1 Å². The first-order chi connectivity index (χ1) is 9.40. The lowest BCUT2D eigenvalue weighted by molar-refractivity contribution is -0.148. The number of pyridine rings is 1. The van der Waals surface area contributed by atoms with E-state index in [9.17, 15) is 14.7 Å². The molecule has 5 nitrogen and oxygen atoms in total. The minimum absolute atomic E-state index is 0.241. The van der Waals surface area contributed by atoms with E-state index in [1.54, 1.807) is 19.9 Å². The van der Waals surface area contributed by atoms with Crippen LogP contribution < -0.4 is 0 Å². The van der Waals surface area contributed by atoms with Crippen LogP contribution in [-0.2, 0) is 4.79 Å². The van der Waals surface area contributed by atoms with Crippen LogP contribution in [0.15, 0.2) is 12.1 Å². The number of aryl methyl sites for hydroxylation is 1. The van der Waals surface area contributed by atoms with Crippen LogP contribution in [0.25, 0.3) is 0 Å². The number of carbonyl (C=O) groups is 2. The Balaban J connectivity index is 2.39. The van der Waals surface area contributed by atoms with Crippen LogP contribution in [0.5, 0.6) is 0 Å². The molecule has 2 rings (SSSR count). The number of likely N-dealkylation sites (tertiary alicyclic amines) is 1. The molecule has 1 saturated heterocycles. The number of aliphatic carboxylic acids is 1. The monoisotopic (exact) mass is 296 g/mol. The second kappa shape index (κ2) is 5.40. The van der Waals surface area contributed by atoms with Crippen LogP contribution in [0.4, 0.5) is 0 Å². The fraction of sp³-hybridized carbons (Fsp3) is 0.500. The Labute approximate surface area is 122 Å². The van der Waals surface area contributed by atoms with Gasteiger partial charge in [0.15, 0.2) is 0 Å². The van der Waals surface area contributed by atoms with Gasteiger partial charge < -0.3 is 10.0 Å². The van der Waals surface area contributed by atoms with E-state index in [0.717, 1.165) is 0 Å². The SMILES string of the molecule is CCC1(C(=O)O)CCCN1C(=O)c1cc(C)nc(Cl)c1. The summed E-state index contributed by atoms with van der Waals surface area (Å²) in [5, 5.41) is 9.75. The Morgan fingerprint density at radius 3 is 2.75 bits per heavy atom. The molecule has 1 amide bonds. The molecule has 1 aliphatic heterocycles. The summed E-state index contributed by atoms with van der Waals surface area (Å²) in [7, 11) is 0. The predicted octanol–water partition coefficient (Wildman–Crippen LogP) is 2.51. The van der Waals surface area contributed by atoms with Gasteiger partial charge in [-0.15, -0.1) is 0 Å². The fourth-order valence-electron chi connectivity index (χ4n) is 2.82. The number of aromatic nitrogens is 1. The molecule has 0 spiro atoms. The lowest BCUT2D eigenvalue weighted by Gasteiger charge is -2.34. The molecule has 0 aliphatic carbocycles. The van der Waals surface area contributed by atoms with Crippen molar-refractivity contribution >= 4 is 23.5 Å². The molecule has 1 atom stereocenters. The number of carbonyl (C=O) groups excluding carboxylic acids is 1. The van der Waals surface area contributed by atoms with E-state index < -0.39 is 11.5 Å². The van der Waals surface area contributed by atoms with E-state index in [1.807, 2.05) is 0 Å². The van der Waals surface area contributed by atoms with Crippen LogP contribution in [0, 0.1) is 6.92 Å². The summed E-state index contributed by atoms with van der Waals surface area (Å²) < 4.78 is 0. The first-order valence-electron chi connectivity index (χ1n) is 6.60. The van der Waals surface area contributed by atoms with Crippen molar-refractivity contribution in [2.45, 2.75) is 38.6 Å². The van der Waals surface area contributed by atoms with Crippen molar-refractivity contribution in [2.24, 2.45) is 0 Å². The van der Waals surface area contributed by atoms with E-state index in [2.05, 4.69) is 4.98 Å². The second-order valence-electron chi connectivity index (χ2n) is 5.07. The van der Waals surface area contributed by atoms with Gasteiger partial charge in [0.25, 0.3) is 5.91 Å². The number of carboxylic acid groups (broad SMARTS) is 1. The molecule has 20 heavy (non-hydrogen) atoms. The van der Waals surface area contributed by atoms with Crippen LogP contribution >= 0.6 is 11.6 Å². The molecule has 1 aliphatic rings. The largest absolute Gasteiger partial charge is 0.479 e. The Bertz CT molecular complexity index is 541. The Morgan fingerprint density at radius 1 is 1.50 bits per heavy atom. The number of hydrogen-bond donors (Lipinski definition) is 1. The molecule has 1 unspecified atom stereocenters. The molecule has 0 bridgehead atoms. The summed E-state index contributed by atoms with van der Waals surface area (Å²) in [5.74, 6) is -1.23. The smallest absolute Gasteiger partial charge is 0.329 e. The normalized spacial score (nSPS) is 22.1. The van der Waals surface area contributed by atoms with Crippen molar-refractivity contribution in [3.8, 4) is 0 Å². The van der Waals surface area contributed by atoms with Crippen LogP contribution in [-0.4, -0.2) is 39.0 Å². The van der Waals surface area contributed by atoms with Crippen LogP contribution in [0.2, 0.25) is 5.15 Å². The number of carboxylic acids is 1. The fourth-order valence-corrected chi connectivity index (χ4v) is 3.07.